The second kappa shape index (κ2) is 9.15. The van der Waals surface area contributed by atoms with Gasteiger partial charge < -0.3 is 19.7 Å². The lowest BCUT2D eigenvalue weighted by Gasteiger charge is -2.22. The number of nitrogens with one attached hydrogen (secondary N) is 1. The normalized spacial score (nSPS) is 22.9. The van der Waals surface area contributed by atoms with Gasteiger partial charge in [-0.25, -0.2) is 0 Å². The zero-order chi connectivity index (χ0) is 18.4. The minimum absolute atomic E-state index is 0.783. The first kappa shape index (κ1) is 18.9. The highest BCUT2D eigenvalue weighted by atomic mass is 16.5. The van der Waals surface area contributed by atoms with Crippen LogP contribution in [-0.4, -0.2) is 51.8 Å². The Morgan fingerprint density at radius 1 is 1.12 bits per heavy atom. The summed E-state index contributed by atoms with van der Waals surface area (Å²) in [7, 11) is 5.25. The third-order valence-corrected chi connectivity index (χ3v) is 5.86. The van der Waals surface area contributed by atoms with E-state index in [1.807, 2.05) is 13.1 Å². The van der Waals surface area contributed by atoms with E-state index in [1.54, 1.807) is 14.2 Å². The van der Waals surface area contributed by atoms with E-state index in [2.05, 4.69) is 27.3 Å². The van der Waals surface area contributed by atoms with Crippen LogP contribution in [0.4, 0.5) is 0 Å². The molecule has 0 amide bonds. The Balaban J connectivity index is 1.45. The summed E-state index contributed by atoms with van der Waals surface area (Å²) in [5.41, 5.74) is 1.27. The number of benzene rings is 1. The molecule has 2 unspecified atom stereocenters. The number of nitrogens with zero attached hydrogens (tertiary/aromatic N) is 2. The molecule has 1 saturated carbocycles. The average Bonchev–Trinajstić information content (AvgIpc) is 3.11. The standard InChI is InChI=1S/C21H33N3O2/c1-22-21(24-14-17-8-4-5-9-18(17)15-24)23-12-6-7-16-10-11-19(25-2)20(13-16)26-3/h10-11,13,17-18H,4-9,12,14-15H2,1-3H3,(H,22,23). The Bertz CT molecular complexity index is 603. The highest BCUT2D eigenvalue weighted by Gasteiger charge is 2.35. The Labute approximate surface area is 157 Å². The fourth-order valence-electron chi connectivity index (χ4n) is 4.44. The second-order valence-electron chi connectivity index (χ2n) is 7.48. The van der Waals surface area contributed by atoms with Gasteiger partial charge in [0.25, 0.3) is 0 Å². The first-order chi connectivity index (χ1) is 12.7. The van der Waals surface area contributed by atoms with Crippen molar-refractivity contribution in [2.24, 2.45) is 16.8 Å². The predicted molar refractivity (Wildman–Crippen MR) is 106 cm³/mol. The summed E-state index contributed by atoms with van der Waals surface area (Å²) in [6.07, 6.45) is 7.69. The molecular weight excluding hydrogens is 326 g/mol. The van der Waals surface area contributed by atoms with E-state index >= 15 is 0 Å². The molecule has 3 rings (SSSR count). The van der Waals surface area contributed by atoms with Crippen LogP contribution < -0.4 is 14.8 Å². The van der Waals surface area contributed by atoms with Gasteiger partial charge in [-0.05, 0) is 55.2 Å². The van der Waals surface area contributed by atoms with Crippen LogP contribution in [0.1, 0.15) is 37.7 Å². The minimum atomic E-state index is 0.783. The number of likely N-dealkylation sites (tertiary alicyclic amines) is 1. The molecule has 1 saturated heterocycles. The molecule has 144 valence electrons. The summed E-state index contributed by atoms with van der Waals surface area (Å²) in [4.78, 5) is 6.99. The van der Waals surface area contributed by atoms with Gasteiger partial charge in [0.1, 0.15) is 0 Å². The maximum absolute atomic E-state index is 5.39. The number of hydrogen-bond acceptors (Lipinski definition) is 3. The number of guanidine groups is 1. The molecule has 2 fully saturated rings. The van der Waals surface area contributed by atoms with Crippen molar-refractivity contribution in [2.75, 3.05) is 40.9 Å². The monoisotopic (exact) mass is 359 g/mol. The van der Waals surface area contributed by atoms with E-state index in [9.17, 15) is 0 Å². The molecule has 1 aromatic carbocycles. The van der Waals surface area contributed by atoms with Crippen LogP contribution in [-0.2, 0) is 6.42 Å². The third kappa shape index (κ3) is 4.43. The van der Waals surface area contributed by atoms with E-state index in [4.69, 9.17) is 9.47 Å². The average molecular weight is 360 g/mol. The van der Waals surface area contributed by atoms with Gasteiger partial charge in [-0.15, -0.1) is 0 Å². The number of fused-ring (bicyclic) bond motifs is 1. The fourth-order valence-corrected chi connectivity index (χ4v) is 4.44. The van der Waals surface area contributed by atoms with Crippen LogP contribution in [0.2, 0.25) is 0 Å². The van der Waals surface area contributed by atoms with Crippen molar-refractivity contribution in [2.45, 2.75) is 38.5 Å². The van der Waals surface area contributed by atoms with Crippen molar-refractivity contribution < 1.29 is 9.47 Å². The van der Waals surface area contributed by atoms with Crippen molar-refractivity contribution in [3.63, 3.8) is 0 Å². The molecule has 26 heavy (non-hydrogen) atoms. The van der Waals surface area contributed by atoms with Crippen molar-refractivity contribution in [3.05, 3.63) is 23.8 Å². The Hall–Kier alpha value is -1.91. The van der Waals surface area contributed by atoms with Crippen LogP contribution in [0.5, 0.6) is 11.5 Å². The summed E-state index contributed by atoms with van der Waals surface area (Å²) >= 11 is 0. The van der Waals surface area contributed by atoms with Gasteiger partial charge in [0.15, 0.2) is 17.5 Å². The van der Waals surface area contributed by atoms with Crippen LogP contribution in [0.3, 0.4) is 0 Å². The van der Waals surface area contributed by atoms with Gasteiger partial charge in [-0.3, -0.25) is 4.99 Å². The highest BCUT2D eigenvalue weighted by molar-refractivity contribution is 5.80. The lowest BCUT2D eigenvalue weighted by molar-refractivity contribution is 0.299. The molecule has 2 atom stereocenters. The van der Waals surface area contributed by atoms with E-state index in [0.29, 0.717) is 0 Å². The molecule has 5 heteroatoms. The van der Waals surface area contributed by atoms with E-state index in [-0.39, 0.29) is 0 Å². The van der Waals surface area contributed by atoms with Gasteiger partial charge in [-0.1, -0.05) is 18.9 Å². The molecule has 1 aliphatic carbocycles. The predicted octanol–water partition coefficient (Wildman–Crippen LogP) is 3.33. The molecule has 0 aromatic heterocycles. The first-order valence-electron chi connectivity index (χ1n) is 9.91. The zero-order valence-corrected chi connectivity index (χ0v) is 16.5. The molecule has 1 heterocycles. The van der Waals surface area contributed by atoms with Gasteiger partial charge in [0.2, 0.25) is 0 Å². The molecule has 5 nitrogen and oxygen atoms in total. The Kier molecular flexibility index (Phi) is 6.64. The van der Waals surface area contributed by atoms with Crippen LogP contribution >= 0.6 is 0 Å². The molecular formula is C21H33N3O2. The van der Waals surface area contributed by atoms with Gasteiger partial charge in [0, 0.05) is 26.7 Å². The molecule has 1 aliphatic heterocycles. The third-order valence-electron chi connectivity index (χ3n) is 5.86. The van der Waals surface area contributed by atoms with E-state index in [1.165, 1.54) is 44.3 Å². The molecule has 2 aliphatic rings. The van der Waals surface area contributed by atoms with Crippen molar-refractivity contribution in [1.29, 1.82) is 0 Å². The molecule has 1 aromatic rings. The van der Waals surface area contributed by atoms with Crippen LogP contribution in [0.25, 0.3) is 0 Å². The summed E-state index contributed by atoms with van der Waals surface area (Å²) in [5, 5.41) is 3.56. The summed E-state index contributed by atoms with van der Waals surface area (Å²) in [5.74, 6) is 4.42. The number of aryl methyl sites for hydroxylation is 1. The maximum atomic E-state index is 5.39. The smallest absolute Gasteiger partial charge is 0.193 e. The quantitative estimate of drug-likeness (QED) is 0.481. The summed E-state index contributed by atoms with van der Waals surface area (Å²) in [6, 6.07) is 6.16. The number of methoxy groups -OCH3 is 2. The van der Waals surface area contributed by atoms with Crippen molar-refractivity contribution in [1.82, 2.24) is 10.2 Å². The summed E-state index contributed by atoms with van der Waals surface area (Å²) in [6.45, 7) is 3.30. The second-order valence-corrected chi connectivity index (χ2v) is 7.48. The Morgan fingerprint density at radius 3 is 2.42 bits per heavy atom. The van der Waals surface area contributed by atoms with Crippen molar-refractivity contribution >= 4 is 5.96 Å². The largest absolute Gasteiger partial charge is 0.493 e. The lowest BCUT2D eigenvalue weighted by Crippen LogP contribution is -2.40. The van der Waals surface area contributed by atoms with Gasteiger partial charge in [0.05, 0.1) is 14.2 Å². The lowest BCUT2D eigenvalue weighted by atomic mass is 9.82. The number of rotatable bonds is 6. The number of aliphatic imine (C=N–C) groups is 1. The SMILES string of the molecule is CN=C(NCCCc1ccc(OC)c(OC)c1)N1CC2CCCCC2C1. The van der Waals surface area contributed by atoms with E-state index in [0.717, 1.165) is 48.7 Å². The number of ether oxygens (including phenoxy) is 2. The topological polar surface area (TPSA) is 46.1 Å². The summed E-state index contributed by atoms with van der Waals surface area (Å²) < 4.78 is 10.7. The van der Waals surface area contributed by atoms with Gasteiger partial charge in [-0.2, -0.15) is 0 Å². The Morgan fingerprint density at radius 2 is 1.81 bits per heavy atom. The van der Waals surface area contributed by atoms with Crippen molar-refractivity contribution in [3.8, 4) is 11.5 Å². The molecule has 0 spiro atoms. The molecule has 0 bridgehead atoms. The molecule has 0 radical (unpaired) electrons. The number of hydrogen-bond donors (Lipinski definition) is 1. The minimum Gasteiger partial charge on any atom is -0.493 e. The van der Waals surface area contributed by atoms with Gasteiger partial charge >= 0.3 is 0 Å². The molecule has 1 N–H and O–H groups in total. The van der Waals surface area contributed by atoms with Crippen LogP contribution in [0, 0.1) is 11.8 Å². The maximum Gasteiger partial charge on any atom is 0.193 e. The zero-order valence-electron chi connectivity index (χ0n) is 16.5. The fraction of sp³-hybridized carbons (Fsp3) is 0.667. The first-order valence-corrected chi connectivity index (χ1v) is 9.91. The highest BCUT2D eigenvalue weighted by Crippen LogP contribution is 2.36. The van der Waals surface area contributed by atoms with Crippen LogP contribution in [0.15, 0.2) is 23.2 Å². The van der Waals surface area contributed by atoms with E-state index < -0.39 is 0 Å².